The van der Waals surface area contributed by atoms with E-state index in [0.29, 0.717) is 24.2 Å². The normalized spacial score (nSPS) is 13.2. The van der Waals surface area contributed by atoms with Gasteiger partial charge >= 0.3 is 6.18 Å². The summed E-state index contributed by atoms with van der Waals surface area (Å²) in [6.45, 7) is 2.08. The first-order chi connectivity index (χ1) is 23.6. The molecule has 4 aromatic rings. The first kappa shape index (κ1) is 35.2. The Labute approximate surface area is 281 Å². The second kappa shape index (κ2) is 16.3. The number of amides is 2. The highest BCUT2D eigenvalue weighted by Gasteiger charge is 2.30. The van der Waals surface area contributed by atoms with E-state index in [9.17, 15) is 27.6 Å². The van der Waals surface area contributed by atoms with Crippen LogP contribution in [0.3, 0.4) is 0 Å². The Morgan fingerprint density at radius 1 is 0.816 bits per heavy atom. The van der Waals surface area contributed by atoms with Crippen LogP contribution in [0, 0.1) is 0 Å². The molecule has 0 spiro atoms. The Hall–Kier alpha value is -5.14. The van der Waals surface area contributed by atoms with E-state index in [0.717, 1.165) is 50.2 Å². The van der Waals surface area contributed by atoms with Gasteiger partial charge in [0.05, 0.1) is 30.0 Å². The maximum atomic E-state index is 13.7. The molecule has 1 fully saturated rings. The number of hydrogen-bond acceptors (Lipinski definition) is 8. The van der Waals surface area contributed by atoms with Crippen LogP contribution < -0.4 is 15.5 Å². The van der Waals surface area contributed by atoms with Gasteiger partial charge in [-0.2, -0.15) is 13.2 Å². The van der Waals surface area contributed by atoms with E-state index >= 15 is 0 Å². The Morgan fingerprint density at radius 3 is 2.29 bits per heavy atom. The number of ether oxygens (including phenoxy) is 1. The highest BCUT2D eigenvalue weighted by atomic mass is 19.4. The fraction of sp³-hybridized carbons (Fsp3) is 0.306. The second-order valence-electron chi connectivity index (χ2n) is 11.5. The van der Waals surface area contributed by atoms with Crippen molar-refractivity contribution < 1.29 is 37.4 Å². The number of nitrogens with zero attached hydrogens (tertiary/aromatic N) is 3. The minimum absolute atomic E-state index is 0.0747. The van der Waals surface area contributed by atoms with Crippen molar-refractivity contribution in [1.29, 1.82) is 0 Å². The molecule has 1 aliphatic rings. The third kappa shape index (κ3) is 9.48. The number of carbonyl (C=O) groups excluding carboxylic acids is 3. The summed E-state index contributed by atoms with van der Waals surface area (Å²) in [6.07, 6.45) is 1.95. The van der Waals surface area contributed by atoms with Crippen LogP contribution in [-0.2, 0) is 10.9 Å². The molecule has 0 saturated carbocycles. The Kier molecular flexibility index (Phi) is 11.7. The lowest BCUT2D eigenvalue weighted by molar-refractivity contribution is -0.137. The maximum absolute atomic E-state index is 13.7. The van der Waals surface area contributed by atoms with Crippen LogP contribution in [-0.4, -0.2) is 65.6 Å². The summed E-state index contributed by atoms with van der Waals surface area (Å²) in [5, 5.41) is 14.2. The fourth-order valence-corrected chi connectivity index (χ4v) is 5.44. The molecule has 13 heteroatoms. The zero-order valence-electron chi connectivity index (χ0n) is 26.6. The van der Waals surface area contributed by atoms with Crippen molar-refractivity contribution in [1.82, 2.24) is 9.97 Å². The predicted octanol–water partition coefficient (Wildman–Crippen LogP) is 6.63. The molecule has 256 valence electrons. The van der Waals surface area contributed by atoms with Gasteiger partial charge in [-0.25, -0.2) is 9.97 Å². The highest BCUT2D eigenvalue weighted by molar-refractivity contribution is 6.13. The molecular formula is C36H36F3N5O5. The summed E-state index contributed by atoms with van der Waals surface area (Å²) in [6, 6.07) is 16.2. The van der Waals surface area contributed by atoms with Crippen LogP contribution >= 0.6 is 0 Å². The number of nitrogens with one attached hydrogen (secondary N) is 2. The molecule has 3 aromatic carbocycles. The van der Waals surface area contributed by atoms with Crippen molar-refractivity contribution in [3.63, 3.8) is 0 Å². The van der Waals surface area contributed by atoms with Gasteiger partial charge in [-0.05, 0) is 73.7 Å². The minimum Gasteiger partial charge on any atom is -0.394 e. The minimum atomic E-state index is -4.50. The SMILES string of the molecule is O=C(CCCOCCO)c1cccc(C(=O)Nc2ccc(N3CCCCC3)cc2C(=O)Nc2ncc(-c3cccc(C(F)(F)F)c3)cn2)c1. The van der Waals surface area contributed by atoms with Crippen molar-refractivity contribution in [3.8, 4) is 11.1 Å². The molecule has 0 radical (unpaired) electrons. The largest absolute Gasteiger partial charge is 0.416 e. The summed E-state index contributed by atoms with van der Waals surface area (Å²) in [5.74, 6) is -1.36. The molecule has 49 heavy (non-hydrogen) atoms. The van der Waals surface area contributed by atoms with Gasteiger partial charge in [0.2, 0.25) is 5.95 Å². The van der Waals surface area contributed by atoms with Crippen LogP contribution in [0.2, 0.25) is 0 Å². The summed E-state index contributed by atoms with van der Waals surface area (Å²) in [7, 11) is 0. The zero-order chi connectivity index (χ0) is 34.8. The molecule has 1 aromatic heterocycles. The third-order valence-corrected chi connectivity index (χ3v) is 7.99. The quantitative estimate of drug-likeness (QED) is 0.106. The number of carbonyl (C=O) groups is 3. The first-order valence-electron chi connectivity index (χ1n) is 16.0. The number of anilines is 3. The average Bonchev–Trinajstić information content (AvgIpc) is 3.12. The van der Waals surface area contributed by atoms with Crippen molar-refractivity contribution in [3.05, 3.63) is 101 Å². The number of aromatic nitrogens is 2. The molecule has 0 atom stereocenters. The lowest BCUT2D eigenvalue weighted by Gasteiger charge is -2.29. The molecule has 0 aliphatic carbocycles. The van der Waals surface area contributed by atoms with Crippen LogP contribution in [0.4, 0.5) is 30.5 Å². The van der Waals surface area contributed by atoms with Gasteiger partial charge in [0.15, 0.2) is 5.78 Å². The molecule has 3 N–H and O–H groups in total. The first-order valence-corrected chi connectivity index (χ1v) is 16.0. The van der Waals surface area contributed by atoms with Crippen LogP contribution in [0.5, 0.6) is 0 Å². The van der Waals surface area contributed by atoms with Crippen molar-refractivity contribution >= 4 is 34.9 Å². The highest BCUT2D eigenvalue weighted by Crippen LogP contribution is 2.32. The molecule has 1 aliphatic heterocycles. The predicted molar refractivity (Wildman–Crippen MR) is 179 cm³/mol. The fourth-order valence-electron chi connectivity index (χ4n) is 5.44. The van der Waals surface area contributed by atoms with E-state index in [4.69, 9.17) is 9.84 Å². The van der Waals surface area contributed by atoms with Crippen LogP contribution in [0.15, 0.2) is 79.1 Å². The number of benzene rings is 3. The third-order valence-electron chi connectivity index (χ3n) is 7.99. The van der Waals surface area contributed by atoms with Gasteiger partial charge in [0.1, 0.15) is 0 Å². The number of piperidine rings is 1. The van der Waals surface area contributed by atoms with Crippen molar-refractivity contribution in [2.75, 3.05) is 48.4 Å². The number of alkyl halides is 3. The summed E-state index contributed by atoms with van der Waals surface area (Å²) >= 11 is 0. The summed E-state index contributed by atoms with van der Waals surface area (Å²) in [5.41, 5.74) is 1.56. The molecule has 0 bridgehead atoms. The molecule has 1 saturated heterocycles. The van der Waals surface area contributed by atoms with E-state index in [1.165, 1.54) is 30.6 Å². The molecule has 5 rings (SSSR count). The Bertz CT molecular complexity index is 1780. The molecule has 0 unspecified atom stereocenters. The Morgan fingerprint density at radius 2 is 1.55 bits per heavy atom. The second-order valence-corrected chi connectivity index (χ2v) is 11.5. The van der Waals surface area contributed by atoms with Crippen molar-refractivity contribution in [2.24, 2.45) is 0 Å². The number of aliphatic hydroxyl groups is 1. The summed E-state index contributed by atoms with van der Waals surface area (Å²) < 4.78 is 44.8. The molecule has 2 heterocycles. The van der Waals surface area contributed by atoms with E-state index in [-0.39, 0.29) is 53.7 Å². The number of hydrogen-bond donors (Lipinski definition) is 3. The average molecular weight is 676 g/mol. The topological polar surface area (TPSA) is 134 Å². The van der Waals surface area contributed by atoms with Crippen LogP contribution in [0.25, 0.3) is 11.1 Å². The molecular weight excluding hydrogens is 639 g/mol. The number of Topliss-reactive ketones (excluding diaryl/α,β-unsaturated/α-hetero) is 1. The summed E-state index contributed by atoms with van der Waals surface area (Å²) in [4.78, 5) is 50.2. The van der Waals surface area contributed by atoms with E-state index in [1.807, 2.05) is 6.07 Å². The smallest absolute Gasteiger partial charge is 0.394 e. The Balaban J connectivity index is 1.34. The number of aliphatic hydroxyl groups excluding tert-OH is 1. The monoisotopic (exact) mass is 675 g/mol. The van der Waals surface area contributed by atoms with Crippen LogP contribution in [0.1, 0.15) is 68.7 Å². The van der Waals surface area contributed by atoms with E-state index in [2.05, 4.69) is 25.5 Å². The molecule has 10 nitrogen and oxygen atoms in total. The lowest BCUT2D eigenvalue weighted by Crippen LogP contribution is -2.29. The van der Waals surface area contributed by atoms with Gasteiger partial charge in [-0.15, -0.1) is 0 Å². The van der Waals surface area contributed by atoms with E-state index < -0.39 is 23.6 Å². The van der Waals surface area contributed by atoms with Crippen molar-refractivity contribution in [2.45, 2.75) is 38.3 Å². The van der Waals surface area contributed by atoms with Gasteiger partial charge in [0.25, 0.3) is 11.8 Å². The standard InChI is InChI=1S/C36H36F3N5O5/c37-36(38,39)28-10-5-7-24(20-28)27-22-40-35(41-23-27)43-34(48)30-21-29(44-14-2-1-3-15-44)12-13-31(30)42-33(47)26-9-4-8-25(19-26)32(46)11-6-17-49-18-16-45/h4-5,7-10,12-13,19-23,45H,1-3,6,11,14-18H2,(H,42,47)(H,40,41,43,48). The number of ketones is 1. The number of halogens is 3. The zero-order valence-corrected chi connectivity index (χ0v) is 26.6. The van der Waals surface area contributed by atoms with Gasteiger partial charge in [0, 0.05) is 60.9 Å². The maximum Gasteiger partial charge on any atom is 0.416 e. The van der Waals surface area contributed by atoms with Gasteiger partial charge in [-0.1, -0.05) is 24.3 Å². The molecule has 2 amide bonds. The van der Waals surface area contributed by atoms with Gasteiger partial charge in [-0.3, -0.25) is 19.7 Å². The van der Waals surface area contributed by atoms with E-state index in [1.54, 1.807) is 30.3 Å². The number of rotatable bonds is 13. The van der Waals surface area contributed by atoms with Gasteiger partial charge < -0.3 is 20.1 Å². The lowest BCUT2D eigenvalue weighted by atomic mass is 10.0.